The van der Waals surface area contributed by atoms with Gasteiger partial charge in [0.25, 0.3) is 5.54 Å². The van der Waals surface area contributed by atoms with Gasteiger partial charge in [0.2, 0.25) is 12.1 Å². The Hall–Kier alpha value is -3.56. The summed E-state index contributed by atoms with van der Waals surface area (Å²) in [6.45, 7) is 6.66. The lowest BCUT2D eigenvalue weighted by atomic mass is 9.90. The van der Waals surface area contributed by atoms with Crippen molar-refractivity contribution in [2.45, 2.75) is 45.1 Å². The van der Waals surface area contributed by atoms with E-state index >= 15 is 0 Å². The monoisotopic (exact) mass is 431 g/mol. The molecular weight excluding hydrogens is 406 g/mol. The molecule has 10 heteroatoms. The van der Waals surface area contributed by atoms with Crippen molar-refractivity contribution in [1.29, 1.82) is 0 Å². The number of esters is 2. The summed E-state index contributed by atoms with van der Waals surface area (Å²) >= 11 is 0. The van der Waals surface area contributed by atoms with E-state index in [9.17, 15) is 14.4 Å². The molecule has 2 unspecified atom stereocenters. The average Bonchev–Trinajstić information content (AvgIpc) is 3.20. The molecule has 31 heavy (non-hydrogen) atoms. The van der Waals surface area contributed by atoms with Crippen LogP contribution in [-0.4, -0.2) is 60.5 Å². The second-order valence-corrected chi connectivity index (χ2v) is 7.95. The van der Waals surface area contributed by atoms with E-state index < -0.39 is 35.4 Å². The Morgan fingerprint density at radius 1 is 1.13 bits per heavy atom. The fourth-order valence-corrected chi connectivity index (χ4v) is 3.49. The Balaban J connectivity index is 2.12. The maximum atomic E-state index is 13.0. The minimum Gasteiger partial charge on any atom is -0.467 e. The molecule has 166 valence electrons. The van der Waals surface area contributed by atoms with E-state index in [2.05, 4.69) is 10.4 Å². The molecule has 0 spiro atoms. The zero-order valence-electron chi connectivity index (χ0n) is 18.2. The van der Waals surface area contributed by atoms with E-state index in [1.807, 2.05) is 6.07 Å². The standard InChI is InChI=1S/C21H25N3O7/c1-12-14(16(25)28-5)21(18(26)29-6)17(24(12)23-19(27)31-20(2,3)4)30-15(22-21)13-10-8-7-9-11-13/h7-11,17H,1-6H3,(H,23,27). The highest BCUT2D eigenvalue weighted by Gasteiger charge is 2.67. The highest BCUT2D eigenvalue weighted by molar-refractivity contribution is 6.08. The second kappa shape index (κ2) is 7.93. The highest BCUT2D eigenvalue weighted by Crippen LogP contribution is 2.45. The van der Waals surface area contributed by atoms with Gasteiger partial charge in [-0.2, -0.15) is 0 Å². The lowest BCUT2D eigenvalue weighted by Gasteiger charge is -2.31. The molecule has 2 heterocycles. The van der Waals surface area contributed by atoms with Crippen molar-refractivity contribution in [3.05, 3.63) is 47.2 Å². The lowest BCUT2D eigenvalue weighted by molar-refractivity contribution is -0.153. The summed E-state index contributed by atoms with van der Waals surface area (Å²) in [6.07, 6.45) is -2.02. The normalized spacial score (nSPS) is 22.3. The number of nitrogens with one attached hydrogen (secondary N) is 1. The molecule has 0 radical (unpaired) electrons. The summed E-state index contributed by atoms with van der Waals surface area (Å²) in [7, 11) is 2.36. The van der Waals surface area contributed by atoms with Crippen molar-refractivity contribution < 1.29 is 33.3 Å². The van der Waals surface area contributed by atoms with E-state index in [1.165, 1.54) is 26.2 Å². The van der Waals surface area contributed by atoms with Gasteiger partial charge in [-0.25, -0.2) is 29.8 Å². The summed E-state index contributed by atoms with van der Waals surface area (Å²) < 4.78 is 21.2. The van der Waals surface area contributed by atoms with Gasteiger partial charge in [0.1, 0.15) is 11.2 Å². The zero-order valence-corrected chi connectivity index (χ0v) is 18.2. The number of amides is 1. The van der Waals surface area contributed by atoms with Gasteiger partial charge < -0.3 is 18.9 Å². The SMILES string of the molecule is COC(=O)C1=C(C)N(NC(=O)OC(C)(C)C)C2OC(c3ccccc3)=NC12C(=O)OC. The summed E-state index contributed by atoms with van der Waals surface area (Å²) in [6, 6.07) is 8.85. The van der Waals surface area contributed by atoms with Crippen LogP contribution in [-0.2, 0) is 28.5 Å². The van der Waals surface area contributed by atoms with Gasteiger partial charge in [-0.15, -0.1) is 0 Å². The third-order valence-electron chi connectivity index (χ3n) is 4.71. The number of allylic oxidation sites excluding steroid dienone is 1. The molecule has 1 aromatic rings. The van der Waals surface area contributed by atoms with Crippen LogP contribution in [0.25, 0.3) is 0 Å². The molecule has 1 N–H and O–H groups in total. The topological polar surface area (TPSA) is 116 Å². The number of aliphatic imine (C=N–C) groups is 1. The number of methoxy groups -OCH3 is 2. The van der Waals surface area contributed by atoms with Crippen molar-refractivity contribution in [3.63, 3.8) is 0 Å². The summed E-state index contributed by atoms with van der Waals surface area (Å²) in [5.41, 5.74) is 0.567. The first kappa shape index (κ1) is 22.1. The van der Waals surface area contributed by atoms with E-state index in [-0.39, 0.29) is 17.2 Å². The van der Waals surface area contributed by atoms with E-state index in [1.54, 1.807) is 45.0 Å². The van der Waals surface area contributed by atoms with Crippen LogP contribution >= 0.6 is 0 Å². The molecule has 2 aliphatic heterocycles. The number of rotatable bonds is 4. The number of hydrogen-bond acceptors (Lipinski definition) is 9. The Kier molecular flexibility index (Phi) is 5.66. The number of carbonyl (C=O) groups excluding carboxylic acids is 3. The van der Waals surface area contributed by atoms with Crippen LogP contribution in [0.5, 0.6) is 0 Å². The Bertz CT molecular complexity index is 965. The van der Waals surface area contributed by atoms with Crippen LogP contribution in [0.4, 0.5) is 4.79 Å². The van der Waals surface area contributed by atoms with Gasteiger partial charge in [0.05, 0.1) is 14.2 Å². The predicted molar refractivity (Wildman–Crippen MR) is 109 cm³/mol. The van der Waals surface area contributed by atoms with Gasteiger partial charge in [-0.05, 0) is 39.8 Å². The van der Waals surface area contributed by atoms with Gasteiger partial charge >= 0.3 is 18.0 Å². The van der Waals surface area contributed by atoms with Gasteiger partial charge in [0.15, 0.2) is 0 Å². The second-order valence-electron chi connectivity index (χ2n) is 7.95. The molecular formula is C21H25N3O7. The number of hydrazine groups is 1. The van der Waals surface area contributed by atoms with E-state index in [0.717, 1.165) is 0 Å². The lowest BCUT2D eigenvalue weighted by Crippen LogP contribution is -2.56. The number of nitrogens with zero attached hydrogens (tertiary/aromatic N) is 2. The van der Waals surface area contributed by atoms with Crippen LogP contribution < -0.4 is 5.43 Å². The molecule has 0 aliphatic carbocycles. The number of fused-ring (bicyclic) bond motifs is 1. The van der Waals surface area contributed by atoms with Crippen LogP contribution in [0.1, 0.15) is 33.3 Å². The molecule has 10 nitrogen and oxygen atoms in total. The van der Waals surface area contributed by atoms with Gasteiger partial charge in [-0.3, -0.25) is 0 Å². The molecule has 0 aromatic heterocycles. The molecule has 0 saturated heterocycles. The maximum absolute atomic E-state index is 13.0. The molecule has 1 amide bonds. The fourth-order valence-electron chi connectivity index (χ4n) is 3.49. The Morgan fingerprint density at radius 3 is 2.32 bits per heavy atom. The molecule has 2 aliphatic rings. The summed E-state index contributed by atoms with van der Waals surface area (Å²) in [5, 5.41) is 1.23. The van der Waals surface area contributed by atoms with Crippen LogP contribution in [0.15, 0.2) is 46.6 Å². The predicted octanol–water partition coefficient (Wildman–Crippen LogP) is 1.90. The number of carbonyl (C=O) groups is 3. The zero-order chi connectivity index (χ0) is 23.0. The molecule has 0 saturated carbocycles. The van der Waals surface area contributed by atoms with Crippen LogP contribution in [0.3, 0.4) is 0 Å². The largest absolute Gasteiger partial charge is 0.467 e. The van der Waals surface area contributed by atoms with Crippen molar-refractivity contribution in [1.82, 2.24) is 10.4 Å². The first-order valence-electron chi connectivity index (χ1n) is 9.54. The fraction of sp³-hybridized carbons (Fsp3) is 0.429. The smallest absolute Gasteiger partial charge is 0.426 e. The molecule has 0 bridgehead atoms. The van der Waals surface area contributed by atoms with Crippen LogP contribution in [0, 0.1) is 0 Å². The first-order valence-corrected chi connectivity index (χ1v) is 9.54. The first-order chi connectivity index (χ1) is 14.5. The molecule has 3 rings (SSSR count). The van der Waals surface area contributed by atoms with Crippen molar-refractivity contribution >= 4 is 23.9 Å². The van der Waals surface area contributed by atoms with Crippen molar-refractivity contribution in [2.24, 2.45) is 4.99 Å². The average molecular weight is 431 g/mol. The quantitative estimate of drug-likeness (QED) is 0.568. The summed E-state index contributed by atoms with van der Waals surface area (Å²) in [4.78, 5) is 42.7. The highest BCUT2D eigenvalue weighted by atomic mass is 16.6. The van der Waals surface area contributed by atoms with Crippen LogP contribution in [0.2, 0.25) is 0 Å². The number of benzene rings is 1. The van der Waals surface area contributed by atoms with Gasteiger partial charge in [-0.1, -0.05) is 18.2 Å². The number of hydrogen-bond donors (Lipinski definition) is 1. The maximum Gasteiger partial charge on any atom is 0.426 e. The van der Waals surface area contributed by atoms with Gasteiger partial charge in [0, 0.05) is 11.3 Å². The number of ether oxygens (including phenoxy) is 4. The Morgan fingerprint density at radius 2 is 1.77 bits per heavy atom. The van der Waals surface area contributed by atoms with Crippen molar-refractivity contribution in [3.8, 4) is 0 Å². The molecule has 0 fully saturated rings. The molecule has 2 atom stereocenters. The van der Waals surface area contributed by atoms with Crippen molar-refractivity contribution in [2.75, 3.05) is 14.2 Å². The molecule has 1 aromatic carbocycles. The third-order valence-corrected chi connectivity index (χ3v) is 4.71. The summed E-state index contributed by atoms with van der Waals surface area (Å²) in [5.74, 6) is -1.53. The Labute approximate surface area is 179 Å². The minimum atomic E-state index is -1.90. The minimum absolute atomic E-state index is 0.103. The third kappa shape index (κ3) is 3.80. The van der Waals surface area contributed by atoms with E-state index in [4.69, 9.17) is 18.9 Å². The van der Waals surface area contributed by atoms with E-state index in [0.29, 0.717) is 5.56 Å².